The van der Waals surface area contributed by atoms with E-state index in [9.17, 15) is 22.4 Å². The van der Waals surface area contributed by atoms with Crippen molar-refractivity contribution in [3.05, 3.63) is 29.6 Å². The van der Waals surface area contributed by atoms with Gasteiger partial charge in [0.15, 0.2) is 0 Å². The third-order valence-electron chi connectivity index (χ3n) is 1.61. The topological polar surface area (TPSA) is 101 Å². The van der Waals surface area contributed by atoms with Crippen molar-refractivity contribution in [2.24, 2.45) is 4.40 Å². The van der Waals surface area contributed by atoms with Crippen LogP contribution < -0.4 is 0 Å². The molecule has 0 saturated heterocycles. The Balaban J connectivity index is 3.60. The maximum absolute atomic E-state index is 12.8. The van der Waals surface area contributed by atoms with E-state index < -0.39 is 32.3 Å². The van der Waals surface area contributed by atoms with Crippen LogP contribution in [0.3, 0.4) is 0 Å². The molecule has 1 rings (SSSR count). The predicted octanol–water partition coefficient (Wildman–Crippen LogP) is 0.548. The number of carboxylic acid groups (broad SMARTS) is 1. The lowest BCUT2D eigenvalue weighted by Crippen LogP contribution is -2.07. The summed E-state index contributed by atoms with van der Waals surface area (Å²) in [5.74, 6) is -2.52. The molecule has 0 aromatic heterocycles. The Hall–Kier alpha value is -2.05. The first-order valence-electron chi connectivity index (χ1n) is 3.75. The molecule has 0 fully saturated rings. The molecule has 0 unspecified atom stereocenters. The van der Waals surface area contributed by atoms with Crippen LogP contribution in [0.15, 0.2) is 27.5 Å². The third-order valence-corrected chi connectivity index (χ3v) is 2.82. The van der Waals surface area contributed by atoms with Gasteiger partial charge in [0.1, 0.15) is 10.7 Å². The molecule has 0 aliphatic carbocycles. The summed E-state index contributed by atoms with van der Waals surface area (Å²) in [5, 5.41) is 8.66. The zero-order chi connectivity index (χ0) is 12.3. The molecule has 0 bridgehead atoms. The predicted molar refractivity (Wildman–Crippen MR) is 48.7 cm³/mol. The second-order valence-electron chi connectivity index (χ2n) is 2.60. The van der Waals surface area contributed by atoms with E-state index in [0.29, 0.717) is 6.07 Å². The van der Waals surface area contributed by atoms with Crippen molar-refractivity contribution >= 4 is 22.1 Å². The first-order chi connectivity index (χ1) is 7.38. The molecule has 1 aromatic rings. The van der Waals surface area contributed by atoms with Gasteiger partial charge in [0.05, 0.1) is 5.56 Å². The summed E-state index contributed by atoms with van der Waals surface area (Å²) in [7, 11) is -4.53. The van der Waals surface area contributed by atoms with E-state index in [1.165, 1.54) is 0 Å². The fourth-order valence-corrected chi connectivity index (χ4v) is 1.88. The van der Waals surface area contributed by atoms with E-state index in [-0.39, 0.29) is 0 Å². The number of hydrogen-bond donors (Lipinski definition) is 1. The van der Waals surface area contributed by atoms with Crippen molar-refractivity contribution in [3.63, 3.8) is 0 Å². The molecular formula is C8H4FNO5S. The van der Waals surface area contributed by atoms with Crippen LogP contribution >= 0.6 is 0 Å². The minimum absolute atomic E-state index is 0.472. The zero-order valence-corrected chi connectivity index (χ0v) is 8.36. The van der Waals surface area contributed by atoms with Crippen molar-refractivity contribution in [2.75, 3.05) is 0 Å². The van der Waals surface area contributed by atoms with Crippen molar-refractivity contribution in [3.8, 4) is 0 Å². The molecule has 6 nitrogen and oxygen atoms in total. The van der Waals surface area contributed by atoms with Gasteiger partial charge < -0.3 is 5.11 Å². The van der Waals surface area contributed by atoms with E-state index in [1.54, 1.807) is 0 Å². The molecule has 0 amide bonds. The molecule has 0 saturated carbocycles. The SMILES string of the molecule is O=C=NS(=O)(=O)c1cc(F)ccc1C(=O)O. The van der Waals surface area contributed by atoms with Gasteiger partial charge in [0.2, 0.25) is 0 Å². The van der Waals surface area contributed by atoms with Crippen LogP contribution in [-0.2, 0) is 14.8 Å². The summed E-state index contributed by atoms with van der Waals surface area (Å²) in [6.07, 6.45) is 0.764. The van der Waals surface area contributed by atoms with Gasteiger partial charge in [-0.05, 0) is 18.2 Å². The van der Waals surface area contributed by atoms with Crippen LogP contribution in [0.25, 0.3) is 0 Å². The number of aromatic carboxylic acids is 1. The molecule has 84 valence electrons. The minimum atomic E-state index is -4.53. The second kappa shape index (κ2) is 4.21. The summed E-state index contributed by atoms with van der Waals surface area (Å²) in [4.78, 5) is 19.6. The summed E-state index contributed by atoms with van der Waals surface area (Å²) < 4.78 is 37.7. The summed E-state index contributed by atoms with van der Waals surface area (Å²) >= 11 is 0. The first-order valence-corrected chi connectivity index (χ1v) is 5.19. The van der Waals surface area contributed by atoms with Crippen LogP contribution in [0.5, 0.6) is 0 Å². The third kappa shape index (κ3) is 2.30. The standard InChI is InChI=1S/C8H4FNO5S/c9-5-1-2-6(8(12)13)7(3-5)16(14,15)10-4-11/h1-3H,(H,12,13). The summed E-state index contributed by atoms with van der Waals surface area (Å²) in [6, 6.07) is 2.03. The summed E-state index contributed by atoms with van der Waals surface area (Å²) in [6.45, 7) is 0. The Kier molecular flexibility index (Phi) is 3.17. The van der Waals surface area contributed by atoms with E-state index in [1.807, 2.05) is 0 Å². The molecule has 8 heteroatoms. The largest absolute Gasteiger partial charge is 0.478 e. The molecule has 0 aliphatic heterocycles. The van der Waals surface area contributed by atoms with Gasteiger partial charge in [-0.3, -0.25) is 0 Å². The normalized spacial score (nSPS) is 10.6. The number of rotatable bonds is 3. The molecule has 1 N–H and O–H groups in total. The number of isocyanates is 1. The lowest BCUT2D eigenvalue weighted by molar-refractivity contribution is 0.0692. The highest BCUT2D eigenvalue weighted by molar-refractivity contribution is 7.90. The molecule has 1 aromatic carbocycles. The number of benzene rings is 1. The number of hydrogen-bond acceptors (Lipinski definition) is 4. The Labute approximate surface area is 89.1 Å². The van der Waals surface area contributed by atoms with Crippen LogP contribution in [0.4, 0.5) is 4.39 Å². The number of carboxylic acids is 1. The van der Waals surface area contributed by atoms with Crippen molar-refractivity contribution in [2.45, 2.75) is 4.90 Å². The van der Waals surface area contributed by atoms with Crippen molar-refractivity contribution in [1.82, 2.24) is 0 Å². The maximum Gasteiger partial charge on any atom is 0.337 e. The minimum Gasteiger partial charge on any atom is -0.478 e. The number of carbonyl (C=O) groups excluding carboxylic acids is 1. The summed E-state index contributed by atoms with van der Waals surface area (Å²) in [5.41, 5.74) is -0.666. The number of halogens is 1. The molecule has 16 heavy (non-hydrogen) atoms. The van der Waals surface area contributed by atoms with E-state index in [4.69, 9.17) is 5.11 Å². The average molecular weight is 245 g/mol. The Bertz CT molecular complexity index is 588. The Morgan fingerprint density at radius 3 is 2.56 bits per heavy atom. The number of sulfonamides is 1. The van der Waals surface area contributed by atoms with Gasteiger partial charge >= 0.3 is 5.97 Å². The Morgan fingerprint density at radius 2 is 2.06 bits per heavy atom. The molecule has 0 heterocycles. The number of nitrogens with zero attached hydrogens (tertiary/aromatic N) is 1. The Morgan fingerprint density at radius 1 is 1.44 bits per heavy atom. The molecule has 0 atom stereocenters. The lowest BCUT2D eigenvalue weighted by Gasteiger charge is -2.02. The van der Waals surface area contributed by atoms with Gasteiger partial charge in [-0.25, -0.2) is 14.0 Å². The average Bonchev–Trinajstić information content (AvgIpc) is 2.17. The van der Waals surface area contributed by atoms with Crippen molar-refractivity contribution in [1.29, 1.82) is 0 Å². The van der Waals surface area contributed by atoms with Gasteiger partial charge in [-0.15, -0.1) is 0 Å². The van der Waals surface area contributed by atoms with Crippen LogP contribution in [0.1, 0.15) is 10.4 Å². The smallest absolute Gasteiger partial charge is 0.337 e. The van der Waals surface area contributed by atoms with E-state index in [0.717, 1.165) is 18.2 Å². The highest BCUT2D eigenvalue weighted by Crippen LogP contribution is 2.19. The molecular weight excluding hydrogens is 241 g/mol. The monoisotopic (exact) mass is 245 g/mol. The van der Waals surface area contributed by atoms with Gasteiger partial charge in [0, 0.05) is 0 Å². The first kappa shape index (κ1) is 12.0. The fourth-order valence-electron chi connectivity index (χ4n) is 0.985. The van der Waals surface area contributed by atoms with Crippen LogP contribution in [0.2, 0.25) is 0 Å². The van der Waals surface area contributed by atoms with Gasteiger partial charge in [-0.1, -0.05) is 4.40 Å². The molecule has 0 aliphatic rings. The van der Waals surface area contributed by atoms with Gasteiger partial charge in [0.25, 0.3) is 16.1 Å². The van der Waals surface area contributed by atoms with E-state index in [2.05, 4.69) is 4.40 Å². The van der Waals surface area contributed by atoms with E-state index >= 15 is 0 Å². The molecule has 0 radical (unpaired) electrons. The van der Waals surface area contributed by atoms with Crippen LogP contribution in [-0.4, -0.2) is 25.6 Å². The highest BCUT2D eigenvalue weighted by atomic mass is 32.2. The van der Waals surface area contributed by atoms with Crippen molar-refractivity contribution < 1.29 is 27.5 Å². The van der Waals surface area contributed by atoms with Crippen LogP contribution in [0, 0.1) is 5.82 Å². The molecule has 0 spiro atoms. The highest BCUT2D eigenvalue weighted by Gasteiger charge is 2.22. The number of carbonyl (C=O) groups is 1. The second-order valence-corrected chi connectivity index (χ2v) is 4.18. The zero-order valence-electron chi connectivity index (χ0n) is 7.55. The quantitative estimate of drug-likeness (QED) is 0.619. The van der Waals surface area contributed by atoms with Gasteiger partial charge in [-0.2, -0.15) is 8.42 Å². The maximum atomic E-state index is 12.8. The lowest BCUT2D eigenvalue weighted by atomic mass is 10.2. The fraction of sp³-hybridized carbons (Fsp3) is 0.